The molecule has 0 saturated carbocycles. The molecule has 0 aliphatic carbocycles. The van der Waals surface area contributed by atoms with Crippen LogP contribution in [0.25, 0.3) is 0 Å². The summed E-state index contributed by atoms with van der Waals surface area (Å²) >= 11 is 3.61. The number of hydrogen-bond acceptors (Lipinski definition) is 2. The second kappa shape index (κ2) is 4.06. The Labute approximate surface area is 103 Å². The quantitative estimate of drug-likeness (QED) is 0.472. The zero-order valence-electron chi connectivity index (χ0n) is 9.07. The molecule has 84 valence electrons. The third-order valence-corrected chi connectivity index (χ3v) is 4.30. The van der Waals surface area contributed by atoms with Crippen LogP contribution in [0.15, 0.2) is 42.5 Å². The molecule has 0 radical (unpaired) electrons. The summed E-state index contributed by atoms with van der Waals surface area (Å²) in [5.74, 6) is -0.289. The Morgan fingerprint density at radius 3 is 2.56 bits per heavy atom. The maximum atomic E-state index is 11.4. The largest absolute Gasteiger partial charge is 0.454 e. The van der Waals surface area contributed by atoms with Crippen molar-refractivity contribution >= 4 is 21.9 Å². The third kappa shape index (κ3) is 1.92. The average molecular weight is 281 g/mol. The summed E-state index contributed by atoms with van der Waals surface area (Å²) in [6.45, 7) is 5.64. The van der Waals surface area contributed by atoms with E-state index < -0.39 is 5.60 Å². The highest BCUT2D eigenvalue weighted by molar-refractivity contribution is 9.09. The van der Waals surface area contributed by atoms with Crippen LogP contribution in [-0.4, -0.2) is 11.6 Å². The number of benzene rings is 1. The molecule has 0 bridgehead atoms. The third-order valence-electron chi connectivity index (χ3n) is 2.81. The normalized spacial score (nSPS) is 26.6. The van der Waals surface area contributed by atoms with E-state index in [0.717, 1.165) is 5.56 Å². The van der Waals surface area contributed by atoms with Crippen molar-refractivity contribution in [2.75, 3.05) is 0 Å². The Morgan fingerprint density at radius 1 is 1.44 bits per heavy atom. The van der Waals surface area contributed by atoms with Gasteiger partial charge >= 0.3 is 5.97 Å². The topological polar surface area (TPSA) is 26.3 Å². The minimum absolute atomic E-state index is 0.00981. The maximum Gasteiger partial charge on any atom is 0.334 e. The first-order chi connectivity index (χ1) is 7.53. The van der Waals surface area contributed by atoms with Gasteiger partial charge in [0.15, 0.2) is 0 Å². The van der Waals surface area contributed by atoms with Gasteiger partial charge in [0.1, 0.15) is 5.60 Å². The van der Waals surface area contributed by atoms with Gasteiger partial charge in [0.05, 0.1) is 4.83 Å². The summed E-state index contributed by atoms with van der Waals surface area (Å²) in [7, 11) is 0. The van der Waals surface area contributed by atoms with Crippen LogP contribution >= 0.6 is 15.9 Å². The zero-order chi connectivity index (χ0) is 11.8. The second-order valence-electron chi connectivity index (χ2n) is 4.26. The van der Waals surface area contributed by atoms with E-state index in [4.69, 9.17) is 4.74 Å². The van der Waals surface area contributed by atoms with Gasteiger partial charge in [0, 0.05) is 12.0 Å². The number of esters is 1. The average Bonchev–Trinajstić information content (AvgIpc) is 2.54. The fraction of sp³-hybridized carbons (Fsp3) is 0.308. The highest BCUT2D eigenvalue weighted by Crippen LogP contribution is 2.44. The lowest BCUT2D eigenvalue weighted by molar-refractivity contribution is -0.145. The fourth-order valence-corrected chi connectivity index (χ4v) is 2.49. The van der Waals surface area contributed by atoms with E-state index in [1.807, 2.05) is 37.3 Å². The maximum absolute atomic E-state index is 11.4. The lowest BCUT2D eigenvalue weighted by Crippen LogP contribution is -2.29. The van der Waals surface area contributed by atoms with E-state index in [1.54, 1.807) is 0 Å². The van der Waals surface area contributed by atoms with Crippen molar-refractivity contribution in [3.05, 3.63) is 48.0 Å². The lowest BCUT2D eigenvalue weighted by Gasteiger charge is -2.28. The molecule has 1 aromatic rings. The van der Waals surface area contributed by atoms with Gasteiger partial charge in [-0.1, -0.05) is 52.8 Å². The molecular formula is C13H13BrO2. The molecule has 0 spiro atoms. The number of rotatable bonds is 2. The van der Waals surface area contributed by atoms with Crippen LogP contribution < -0.4 is 0 Å². The number of carbonyl (C=O) groups is 1. The van der Waals surface area contributed by atoms with E-state index in [2.05, 4.69) is 22.5 Å². The predicted molar refractivity (Wildman–Crippen MR) is 66.4 cm³/mol. The molecular weight excluding hydrogens is 268 g/mol. The Bertz CT molecular complexity index is 409. The Hall–Kier alpha value is -1.09. The smallest absolute Gasteiger partial charge is 0.334 e. The van der Waals surface area contributed by atoms with Crippen molar-refractivity contribution < 1.29 is 9.53 Å². The molecule has 0 amide bonds. The van der Waals surface area contributed by atoms with Crippen molar-refractivity contribution in [3.63, 3.8) is 0 Å². The summed E-state index contributed by atoms with van der Waals surface area (Å²) in [5.41, 5.74) is 1.12. The van der Waals surface area contributed by atoms with Crippen LogP contribution in [0.3, 0.4) is 0 Å². The molecule has 1 fully saturated rings. The van der Waals surface area contributed by atoms with Crippen molar-refractivity contribution in [1.82, 2.24) is 0 Å². The standard InChI is InChI=1S/C13H13BrO2/c1-9-8-13(2,16-12(9)15)11(14)10-6-4-3-5-7-10/h3-7,11H,1,8H2,2H3. The first-order valence-electron chi connectivity index (χ1n) is 5.13. The van der Waals surface area contributed by atoms with Gasteiger partial charge < -0.3 is 4.74 Å². The van der Waals surface area contributed by atoms with Crippen LogP contribution in [0.2, 0.25) is 0 Å². The van der Waals surface area contributed by atoms with Gasteiger partial charge in [-0.05, 0) is 12.5 Å². The predicted octanol–water partition coefficient (Wildman–Crippen LogP) is 3.38. The number of halogens is 1. The SMILES string of the molecule is C=C1CC(C)(C(Br)c2ccccc2)OC1=O. The molecule has 3 heteroatoms. The van der Waals surface area contributed by atoms with Crippen LogP contribution in [0, 0.1) is 0 Å². The Morgan fingerprint density at radius 2 is 2.06 bits per heavy atom. The molecule has 0 aromatic heterocycles. The lowest BCUT2D eigenvalue weighted by atomic mass is 9.92. The Kier molecular flexibility index (Phi) is 2.89. The molecule has 1 aliphatic heterocycles. The van der Waals surface area contributed by atoms with Crippen molar-refractivity contribution in [1.29, 1.82) is 0 Å². The summed E-state index contributed by atoms with van der Waals surface area (Å²) in [5, 5.41) is 0. The summed E-state index contributed by atoms with van der Waals surface area (Å²) in [4.78, 5) is 11.4. The van der Waals surface area contributed by atoms with Crippen molar-refractivity contribution in [2.24, 2.45) is 0 Å². The molecule has 16 heavy (non-hydrogen) atoms. The minimum Gasteiger partial charge on any atom is -0.454 e. The molecule has 1 aromatic carbocycles. The van der Waals surface area contributed by atoms with E-state index in [1.165, 1.54) is 0 Å². The van der Waals surface area contributed by atoms with Gasteiger partial charge in [-0.2, -0.15) is 0 Å². The molecule has 1 saturated heterocycles. The van der Waals surface area contributed by atoms with Gasteiger partial charge in [0.2, 0.25) is 0 Å². The molecule has 2 nitrogen and oxygen atoms in total. The van der Waals surface area contributed by atoms with Crippen LogP contribution in [0.1, 0.15) is 23.7 Å². The first kappa shape index (κ1) is 11.4. The fourth-order valence-electron chi connectivity index (χ4n) is 1.93. The summed E-state index contributed by atoms with van der Waals surface area (Å²) in [6, 6.07) is 9.93. The number of ether oxygens (including phenoxy) is 1. The van der Waals surface area contributed by atoms with E-state index in [9.17, 15) is 4.79 Å². The highest BCUT2D eigenvalue weighted by Gasteiger charge is 2.44. The number of carbonyl (C=O) groups excluding carboxylic acids is 1. The minimum atomic E-state index is -0.532. The van der Waals surface area contributed by atoms with Gasteiger partial charge in [-0.15, -0.1) is 0 Å². The van der Waals surface area contributed by atoms with E-state index >= 15 is 0 Å². The molecule has 1 aliphatic rings. The van der Waals surface area contributed by atoms with Gasteiger partial charge in [0.25, 0.3) is 0 Å². The molecule has 2 atom stereocenters. The molecule has 2 rings (SSSR count). The van der Waals surface area contributed by atoms with Crippen LogP contribution in [-0.2, 0) is 9.53 Å². The second-order valence-corrected chi connectivity index (χ2v) is 5.17. The van der Waals surface area contributed by atoms with Gasteiger partial charge in [-0.3, -0.25) is 0 Å². The molecule has 2 unspecified atom stereocenters. The summed E-state index contributed by atoms with van der Waals surface area (Å²) < 4.78 is 5.39. The number of hydrogen-bond donors (Lipinski definition) is 0. The van der Waals surface area contributed by atoms with Crippen LogP contribution in [0.4, 0.5) is 0 Å². The van der Waals surface area contributed by atoms with E-state index in [-0.39, 0.29) is 10.8 Å². The first-order valence-corrected chi connectivity index (χ1v) is 6.04. The Balaban J connectivity index is 2.26. The molecule has 1 heterocycles. The van der Waals surface area contributed by atoms with E-state index in [0.29, 0.717) is 12.0 Å². The van der Waals surface area contributed by atoms with Crippen LogP contribution in [0.5, 0.6) is 0 Å². The zero-order valence-corrected chi connectivity index (χ0v) is 10.7. The van der Waals surface area contributed by atoms with Gasteiger partial charge in [-0.25, -0.2) is 4.79 Å². The number of cyclic esters (lactones) is 1. The molecule has 0 N–H and O–H groups in total. The summed E-state index contributed by atoms with van der Waals surface area (Å²) in [6.07, 6.45) is 0.566. The monoisotopic (exact) mass is 280 g/mol. The van der Waals surface area contributed by atoms with Crippen molar-refractivity contribution in [3.8, 4) is 0 Å². The highest BCUT2D eigenvalue weighted by atomic mass is 79.9. The van der Waals surface area contributed by atoms with Crippen molar-refractivity contribution in [2.45, 2.75) is 23.8 Å². The number of alkyl halides is 1.